The van der Waals surface area contributed by atoms with E-state index in [9.17, 15) is 9.50 Å². The van der Waals surface area contributed by atoms with Crippen molar-refractivity contribution in [2.75, 3.05) is 0 Å². The predicted molar refractivity (Wildman–Crippen MR) is 72.2 cm³/mol. The van der Waals surface area contributed by atoms with Gasteiger partial charge in [0.15, 0.2) is 0 Å². The molecule has 0 bridgehead atoms. The van der Waals surface area contributed by atoms with Crippen LogP contribution in [-0.4, -0.2) is 5.11 Å². The molecule has 1 N–H and O–H groups in total. The number of benzene rings is 1. The Morgan fingerprint density at radius 1 is 1.31 bits per heavy atom. The predicted octanol–water partition coefficient (Wildman–Crippen LogP) is 3.88. The fourth-order valence-corrected chi connectivity index (χ4v) is 3.13. The van der Waals surface area contributed by atoms with Gasteiger partial charge in [-0.15, -0.1) is 11.3 Å². The number of hydrogen-bond donors (Lipinski definition) is 1. The molecule has 0 saturated carbocycles. The third-order valence-electron chi connectivity index (χ3n) is 2.29. The fraction of sp³-hybridized carbons (Fsp3) is 0.167. The van der Waals surface area contributed by atoms with Crippen molar-refractivity contribution in [3.63, 3.8) is 0 Å². The highest BCUT2D eigenvalue weighted by molar-refractivity contribution is 14.1. The lowest BCUT2D eigenvalue weighted by atomic mass is 10.1. The lowest BCUT2D eigenvalue weighted by Crippen LogP contribution is -2.00. The summed E-state index contributed by atoms with van der Waals surface area (Å²) in [4.78, 5) is 2.05. The van der Waals surface area contributed by atoms with Gasteiger partial charge in [-0.3, -0.25) is 0 Å². The molecule has 0 amide bonds. The summed E-state index contributed by atoms with van der Waals surface area (Å²) in [5, 5.41) is 10.2. The lowest BCUT2D eigenvalue weighted by Gasteiger charge is -2.11. The summed E-state index contributed by atoms with van der Waals surface area (Å²) in [6.45, 7) is 2.00. The van der Waals surface area contributed by atoms with Crippen LogP contribution in [0.3, 0.4) is 0 Å². The van der Waals surface area contributed by atoms with Gasteiger partial charge in [-0.2, -0.15) is 0 Å². The zero-order chi connectivity index (χ0) is 11.7. The number of aryl methyl sites for hydroxylation is 1. The first-order chi connectivity index (χ1) is 7.58. The normalized spacial score (nSPS) is 12.8. The minimum atomic E-state index is -0.661. The van der Waals surface area contributed by atoms with Crippen molar-refractivity contribution >= 4 is 33.9 Å². The van der Waals surface area contributed by atoms with Gasteiger partial charge in [-0.1, -0.05) is 6.07 Å². The topological polar surface area (TPSA) is 20.2 Å². The number of thiophene rings is 1. The molecule has 0 fully saturated rings. The largest absolute Gasteiger partial charge is 0.383 e. The Morgan fingerprint density at radius 2 is 2.06 bits per heavy atom. The van der Waals surface area contributed by atoms with Crippen LogP contribution in [0.15, 0.2) is 30.3 Å². The molecule has 0 aliphatic heterocycles. The number of aliphatic hydroxyl groups is 1. The smallest absolute Gasteiger partial charge is 0.124 e. The van der Waals surface area contributed by atoms with E-state index < -0.39 is 6.10 Å². The van der Waals surface area contributed by atoms with Crippen molar-refractivity contribution < 1.29 is 9.50 Å². The van der Waals surface area contributed by atoms with E-state index in [1.54, 1.807) is 17.4 Å². The molecule has 1 aromatic heterocycles. The summed E-state index contributed by atoms with van der Waals surface area (Å²) in [5.41, 5.74) is 0.754. The molecule has 1 heterocycles. The van der Waals surface area contributed by atoms with Crippen LogP contribution >= 0.6 is 33.9 Å². The van der Waals surface area contributed by atoms with Gasteiger partial charge >= 0.3 is 0 Å². The summed E-state index contributed by atoms with van der Waals surface area (Å²) in [6, 6.07) is 8.32. The van der Waals surface area contributed by atoms with Crippen molar-refractivity contribution in [1.82, 2.24) is 0 Å². The van der Waals surface area contributed by atoms with Gasteiger partial charge in [0.25, 0.3) is 0 Å². The number of halogens is 2. The van der Waals surface area contributed by atoms with E-state index in [-0.39, 0.29) is 5.82 Å². The minimum absolute atomic E-state index is 0.275. The summed E-state index contributed by atoms with van der Waals surface area (Å²) in [5.74, 6) is -0.275. The molecule has 0 spiro atoms. The highest BCUT2D eigenvalue weighted by atomic mass is 127. The zero-order valence-corrected chi connectivity index (χ0v) is 11.5. The zero-order valence-electron chi connectivity index (χ0n) is 8.58. The molecular weight excluding hydrogens is 338 g/mol. The van der Waals surface area contributed by atoms with E-state index in [0.717, 1.165) is 18.9 Å². The maximum Gasteiger partial charge on any atom is 0.124 e. The first-order valence-electron chi connectivity index (χ1n) is 4.77. The van der Waals surface area contributed by atoms with E-state index in [1.807, 2.05) is 41.6 Å². The maximum absolute atomic E-state index is 12.9. The highest BCUT2D eigenvalue weighted by Gasteiger charge is 2.15. The Morgan fingerprint density at radius 3 is 2.62 bits per heavy atom. The second-order valence-corrected chi connectivity index (χ2v) is 6.00. The van der Waals surface area contributed by atoms with Crippen LogP contribution in [0, 0.1) is 16.3 Å². The van der Waals surface area contributed by atoms with Crippen molar-refractivity contribution in [2.45, 2.75) is 13.0 Å². The van der Waals surface area contributed by atoms with Crippen LogP contribution in [0.1, 0.15) is 21.4 Å². The van der Waals surface area contributed by atoms with Crippen LogP contribution in [0.25, 0.3) is 0 Å². The molecule has 0 radical (unpaired) electrons. The average molecular weight is 348 g/mol. The maximum atomic E-state index is 12.9. The second-order valence-electron chi connectivity index (χ2n) is 3.52. The molecule has 16 heavy (non-hydrogen) atoms. The van der Waals surface area contributed by atoms with Gasteiger partial charge in [0, 0.05) is 13.3 Å². The molecule has 1 unspecified atom stereocenters. The van der Waals surface area contributed by atoms with E-state index in [1.165, 1.54) is 12.1 Å². The first-order valence-corrected chi connectivity index (χ1v) is 6.67. The van der Waals surface area contributed by atoms with Gasteiger partial charge in [0.1, 0.15) is 11.9 Å². The van der Waals surface area contributed by atoms with Crippen LogP contribution < -0.4 is 0 Å². The van der Waals surface area contributed by atoms with E-state index >= 15 is 0 Å². The van der Waals surface area contributed by atoms with Crippen LogP contribution in [-0.2, 0) is 0 Å². The van der Waals surface area contributed by atoms with E-state index in [2.05, 4.69) is 0 Å². The molecular formula is C12H10FIOS. The molecule has 4 heteroatoms. The summed E-state index contributed by atoms with van der Waals surface area (Å²) in [7, 11) is 0. The third-order valence-corrected chi connectivity index (χ3v) is 4.28. The molecule has 1 aromatic carbocycles. The third kappa shape index (κ3) is 2.44. The van der Waals surface area contributed by atoms with Gasteiger partial charge in [-0.05, 0) is 59.3 Å². The Labute approximate surface area is 111 Å². The summed E-state index contributed by atoms with van der Waals surface area (Å²) >= 11 is 3.60. The number of aliphatic hydroxyl groups excluding tert-OH is 1. The fourth-order valence-electron chi connectivity index (χ4n) is 1.48. The molecule has 2 aromatic rings. The summed E-state index contributed by atoms with van der Waals surface area (Å²) < 4.78 is 13.7. The average Bonchev–Trinajstić information content (AvgIpc) is 2.64. The SMILES string of the molecule is Cc1ccc(C(O)c2ccc(F)cc2I)s1. The van der Waals surface area contributed by atoms with E-state index in [4.69, 9.17) is 0 Å². The first kappa shape index (κ1) is 12.0. The second kappa shape index (κ2) is 4.81. The molecule has 0 aliphatic carbocycles. The van der Waals surface area contributed by atoms with Crippen molar-refractivity contribution in [2.24, 2.45) is 0 Å². The van der Waals surface area contributed by atoms with Gasteiger partial charge in [-0.25, -0.2) is 4.39 Å². The van der Waals surface area contributed by atoms with Crippen molar-refractivity contribution in [1.29, 1.82) is 0 Å². The van der Waals surface area contributed by atoms with Crippen LogP contribution in [0.2, 0.25) is 0 Å². The highest BCUT2D eigenvalue weighted by Crippen LogP contribution is 2.30. The Kier molecular flexibility index (Phi) is 3.61. The lowest BCUT2D eigenvalue weighted by molar-refractivity contribution is 0.223. The molecule has 84 valence electrons. The van der Waals surface area contributed by atoms with Gasteiger partial charge in [0.05, 0.1) is 0 Å². The van der Waals surface area contributed by atoms with Crippen LogP contribution in [0.5, 0.6) is 0 Å². The molecule has 2 rings (SSSR count). The van der Waals surface area contributed by atoms with Crippen molar-refractivity contribution in [3.8, 4) is 0 Å². The molecule has 0 aliphatic rings. The standard InChI is InChI=1S/C12H10FIOS/c1-7-2-5-11(16-7)12(15)9-4-3-8(13)6-10(9)14/h2-6,12,15H,1H3. The van der Waals surface area contributed by atoms with Gasteiger partial charge in [0.2, 0.25) is 0 Å². The Bertz CT molecular complexity index is 509. The monoisotopic (exact) mass is 348 g/mol. The van der Waals surface area contributed by atoms with E-state index in [0.29, 0.717) is 0 Å². The molecule has 1 nitrogen and oxygen atoms in total. The molecule has 1 atom stereocenters. The summed E-state index contributed by atoms with van der Waals surface area (Å²) in [6.07, 6.45) is -0.661. The van der Waals surface area contributed by atoms with Crippen molar-refractivity contribution in [3.05, 3.63) is 55.0 Å². The Balaban J connectivity index is 2.37. The number of hydrogen-bond acceptors (Lipinski definition) is 2. The van der Waals surface area contributed by atoms with Crippen LogP contribution in [0.4, 0.5) is 4.39 Å². The minimum Gasteiger partial charge on any atom is -0.383 e. The Hall–Kier alpha value is -0.460. The quantitative estimate of drug-likeness (QED) is 0.817. The molecule has 0 saturated heterocycles. The number of rotatable bonds is 2. The van der Waals surface area contributed by atoms with Gasteiger partial charge < -0.3 is 5.11 Å².